The van der Waals surface area contributed by atoms with Crippen LogP contribution in [-0.4, -0.2) is 0 Å². The third-order valence-corrected chi connectivity index (χ3v) is 4.30. The monoisotopic (exact) mass is 305 g/mol. The minimum Gasteiger partial charge on any atom is -0.198 e. The molecule has 0 aliphatic carbocycles. The molecule has 0 unspecified atom stereocenters. The Morgan fingerprint density at radius 3 is 1.45 bits per heavy atom. The van der Waals surface area contributed by atoms with Gasteiger partial charge in [0.25, 0.3) is 0 Å². The molecule has 0 saturated carbocycles. The highest BCUT2D eigenvalue weighted by atomic mass is 14.2. The first-order chi connectivity index (χ1) is 10.9. The molecule has 0 aliphatic rings. The van der Waals surface area contributed by atoms with Gasteiger partial charge in [-0.1, -0.05) is 89.7 Å². The third kappa shape index (κ3) is 19.2. The summed E-state index contributed by atoms with van der Waals surface area (Å²) in [5, 5.41) is 8.45. The molecule has 0 aromatic rings. The molecule has 0 amide bonds. The number of nitrogens with zero attached hydrogens (tertiary/aromatic N) is 1. The molecule has 0 aliphatic heterocycles. The van der Waals surface area contributed by atoms with E-state index in [2.05, 4.69) is 25.1 Å². The fourth-order valence-electron chi connectivity index (χ4n) is 2.81. The van der Waals surface area contributed by atoms with Crippen LogP contribution < -0.4 is 0 Å². The molecule has 0 aromatic heterocycles. The molecule has 0 bridgehead atoms. The Bertz CT molecular complexity index is 262. The molecule has 0 N–H and O–H groups in total. The molecule has 0 rings (SSSR count). The van der Waals surface area contributed by atoms with Crippen molar-refractivity contribution >= 4 is 0 Å². The van der Waals surface area contributed by atoms with Crippen molar-refractivity contribution in [1.82, 2.24) is 0 Å². The summed E-state index contributed by atoms with van der Waals surface area (Å²) in [5.74, 6) is 0. The number of rotatable bonds is 17. The molecular formula is C21H39N. The Hall–Kier alpha value is -0.770. The van der Waals surface area contributed by atoms with Crippen LogP contribution in [0.3, 0.4) is 0 Å². The lowest BCUT2D eigenvalue weighted by Gasteiger charge is -2.01. The lowest BCUT2D eigenvalue weighted by molar-refractivity contribution is 0.554. The van der Waals surface area contributed by atoms with Gasteiger partial charge in [0.1, 0.15) is 0 Å². The summed E-state index contributed by atoms with van der Waals surface area (Å²) in [6, 6.07) is 2.22. The first kappa shape index (κ1) is 21.2. The van der Waals surface area contributed by atoms with E-state index in [1.807, 2.05) is 0 Å². The highest BCUT2D eigenvalue weighted by molar-refractivity contribution is 4.81. The maximum atomic E-state index is 8.45. The van der Waals surface area contributed by atoms with Gasteiger partial charge < -0.3 is 0 Å². The smallest absolute Gasteiger partial charge is 0.0621 e. The predicted octanol–water partition coefficient (Wildman–Crippen LogP) is 7.72. The quantitative estimate of drug-likeness (QED) is 0.199. The summed E-state index contributed by atoms with van der Waals surface area (Å²) in [4.78, 5) is 0. The first-order valence-electron chi connectivity index (χ1n) is 9.93. The second kappa shape index (κ2) is 20.2. The number of hydrogen-bond donors (Lipinski definition) is 0. The second-order valence-electron chi connectivity index (χ2n) is 6.55. The van der Waals surface area contributed by atoms with Crippen LogP contribution in [0.1, 0.15) is 116 Å². The molecule has 128 valence electrons. The van der Waals surface area contributed by atoms with E-state index in [1.165, 1.54) is 96.3 Å². The number of hydrogen-bond acceptors (Lipinski definition) is 1. The van der Waals surface area contributed by atoms with Gasteiger partial charge in [0.05, 0.1) is 6.07 Å². The Morgan fingerprint density at radius 1 is 0.591 bits per heavy atom. The number of unbranched alkanes of at least 4 members (excludes halogenated alkanes) is 15. The van der Waals surface area contributed by atoms with Crippen molar-refractivity contribution in [3.63, 3.8) is 0 Å². The summed E-state index contributed by atoms with van der Waals surface area (Å²) in [7, 11) is 0. The largest absolute Gasteiger partial charge is 0.198 e. The van der Waals surface area contributed by atoms with Crippen molar-refractivity contribution < 1.29 is 0 Å². The molecule has 0 aromatic carbocycles. The highest BCUT2D eigenvalue weighted by Gasteiger charge is 1.93. The molecule has 0 heterocycles. The third-order valence-electron chi connectivity index (χ3n) is 4.30. The van der Waals surface area contributed by atoms with Gasteiger partial charge in [0, 0.05) is 6.42 Å². The van der Waals surface area contributed by atoms with Gasteiger partial charge in [0.15, 0.2) is 0 Å². The molecular weight excluding hydrogens is 266 g/mol. The molecule has 1 heteroatoms. The fraction of sp³-hybridized carbons (Fsp3) is 0.857. The number of nitriles is 1. The maximum Gasteiger partial charge on any atom is 0.0621 e. The lowest BCUT2D eigenvalue weighted by atomic mass is 10.1. The Labute approximate surface area is 140 Å². The van der Waals surface area contributed by atoms with Crippen LogP contribution in [0.15, 0.2) is 12.2 Å². The SMILES string of the molecule is CCCCCCC=CCCCCCCCCCCCCC#N. The summed E-state index contributed by atoms with van der Waals surface area (Å²) in [6.45, 7) is 2.27. The Balaban J connectivity index is 3.02. The summed E-state index contributed by atoms with van der Waals surface area (Å²) < 4.78 is 0. The van der Waals surface area contributed by atoms with Gasteiger partial charge in [0.2, 0.25) is 0 Å². The van der Waals surface area contributed by atoms with E-state index in [0.717, 1.165) is 12.8 Å². The Kier molecular flexibility index (Phi) is 19.5. The molecule has 0 fully saturated rings. The van der Waals surface area contributed by atoms with Crippen LogP contribution in [-0.2, 0) is 0 Å². The zero-order valence-corrected chi connectivity index (χ0v) is 15.1. The first-order valence-corrected chi connectivity index (χ1v) is 9.93. The maximum absolute atomic E-state index is 8.45. The van der Waals surface area contributed by atoms with Gasteiger partial charge in [-0.3, -0.25) is 0 Å². The fourth-order valence-corrected chi connectivity index (χ4v) is 2.81. The van der Waals surface area contributed by atoms with E-state index in [1.54, 1.807) is 0 Å². The summed E-state index contributed by atoms with van der Waals surface area (Å²) >= 11 is 0. The molecule has 0 radical (unpaired) electrons. The molecule has 0 atom stereocenters. The normalized spacial score (nSPS) is 11.1. The van der Waals surface area contributed by atoms with Gasteiger partial charge in [-0.2, -0.15) is 5.26 Å². The van der Waals surface area contributed by atoms with Crippen LogP contribution in [0.5, 0.6) is 0 Å². The van der Waals surface area contributed by atoms with Crippen LogP contribution >= 0.6 is 0 Å². The average molecular weight is 306 g/mol. The van der Waals surface area contributed by atoms with E-state index in [9.17, 15) is 0 Å². The van der Waals surface area contributed by atoms with E-state index in [0.29, 0.717) is 0 Å². The highest BCUT2D eigenvalue weighted by Crippen LogP contribution is 2.12. The second-order valence-corrected chi connectivity index (χ2v) is 6.55. The zero-order valence-electron chi connectivity index (χ0n) is 15.1. The summed E-state index contributed by atoms with van der Waals surface area (Å²) in [5.41, 5.74) is 0. The topological polar surface area (TPSA) is 23.8 Å². The van der Waals surface area contributed by atoms with Crippen molar-refractivity contribution in [3.8, 4) is 6.07 Å². The standard InChI is InChI=1S/C21H39N/c1-2-3-4-5-6-7-8-9-10-11-12-13-14-15-16-17-18-19-20-21-22/h7-8H,2-6,9-20H2,1H3. The van der Waals surface area contributed by atoms with Gasteiger partial charge in [-0.25, -0.2) is 0 Å². The number of allylic oxidation sites excluding steroid dienone is 2. The van der Waals surface area contributed by atoms with E-state index < -0.39 is 0 Å². The van der Waals surface area contributed by atoms with E-state index in [4.69, 9.17) is 5.26 Å². The minimum atomic E-state index is 0.743. The van der Waals surface area contributed by atoms with Gasteiger partial charge in [-0.05, 0) is 32.1 Å². The molecule has 1 nitrogen and oxygen atoms in total. The van der Waals surface area contributed by atoms with Crippen molar-refractivity contribution in [2.24, 2.45) is 0 Å². The van der Waals surface area contributed by atoms with Gasteiger partial charge in [-0.15, -0.1) is 0 Å². The summed E-state index contributed by atoms with van der Waals surface area (Å²) in [6.07, 6.45) is 27.1. The minimum absolute atomic E-state index is 0.743. The van der Waals surface area contributed by atoms with Crippen LogP contribution in [0.4, 0.5) is 0 Å². The van der Waals surface area contributed by atoms with Crippen LogP contribution in [0, 0.1) is 11.3 Å². The van der Waals surface area contributed by atoms with Crippen molar-refractivity contribution in [3.05, 3.63) is 12.2 Å². The van der Waals surface area contributed by atoms with Gasteiger partial charge >= 0.3 is 0 Å². The predicted molar refractivity (Wildman–Crippen MR) is 98.9 cm³/mol. The zero-order chi connectivity index (χ0) is 16.1. The average Bonchev–Trinajstić information content (AvgIpc) is 2.54. The Morgan fingerprint density at radius 2 is 1.00 bits per heavy atom. The molecule has 22 heavy (non-hydrogen) atoms. The molecule has 0 spiro atoms. The van der Waals surface area contributed by atoms with Crippen molar-refractivity contribution in [2.75, 3.05) is 0 Å². The van der Waals surface area contributed by atoms with Crippen LogP contribution in [0.25, 0.3) is 0 Å². The van der Waals surface area contributed by atoms with E-state index in [-0.39, 0.29) is 0 Å². The molecule has 0 saturated heterocycles. The van der Waals surface area contributed by atoms with Crippen LogP contribution in [0.2, 0.25) is 0 Å². The lowest BCUT2D eigenvalue weighted by Crippen LogP contribution is -1.82. The van der Waals surface area contributed by atoms with Crippen molar-refractivity contribution in [1.29, 1.82) is 5.26 Å². The van der Waals surface area contributed by atoms with E-state index >= 15 is 0 Å². The van der Waals surface area contributed by atoms with Crippen molar-refractivity contribution in [2.45, 2.75) is 116 Å².